The Hall–Kier alpha value is -5.72. The number of ether oxygens (including phenoxy) is 1. The lowest BCUT2D eigenvalue weighted by Crippen LogP contribution is -2.47. The van der Waals surface area contributed by atoms with Crippen molar-refractivity contribution in [3.8, 4) is 16.9 Å². The van der Waals surface area contributed by atoms with Gasteiger partial charge in [0.25, 0.3) is 11.5 Å². The number of nitrogens with one attached hydrogen (secondary N) is 1. The van der Waals surface area contributed by atoms with Gasteiger partial charge in [0.05, 0.1) is 5.69 Å². The van der Waals surface area contributed by atoms with E-state index >= 15 is 8.78 Å². The summed E-state index contributed by atoms with van der Waals surface area (Å²) >= 11 is 0. The zero-order valence-electron chi connectivity index (χ0n) is 30.8. The van der Waals surface area contributed by atoms with Crippen molar-refractivity contribution in [1.29, 1.82) is 0 Å². The zero-order chi connectivity index (χ0) is 38.6. The summed E-state index contributed by atoms with van der Waals surface area (Å²) in [7, 11) is 1.70. The van der Waals surface area contributed by atoms with Gasteiger partial charge in [0.1, 0.15) is 28.7 Å². The Morgan fingerprint density at radius 3 is 2.17 bits per heavy atom. The number of carbonyl (C=O) groups is 2. The van der Waals surface area contributed by atoms with Crippen LogP contribution in [0.25, 0.3) is 28.0 Å². The number of carbonyl (C=O) groups excluding carboxylic acids is 2. The van der Waals surface area contributed by atoms with Gasteiger partial charge < -0.3 is 19.9 Å². The molecular formula is C40H43F3N6O4. The van der Waals surface area contributed by atoms with E-state index in [1.807, 2.05) is 25.7 Å². The fourth-order valence-electron chi connectivity index (χ4n) is 6.06. The van der Waals surface area contributed by atoms with Gasteiger partial charge in [-0.05, 0) is 101 Å². The molecule has 1 aliphatic rings. The highest BCUT2D eigenvalue weighted by atomic mass is 19.1. The number of pyridine rings is 1. The number of amides is 2. The largest absolute Gasteiger partial charge is 0.444 e. The maximum Gasteiger partial charge on any atom is 0.410 e. The lowest BCUT2D eigenvalue weighted by atomic mass is 9.99. The van der Waals surface area contributed by atoms with Crippen LogP contribution in [-0.4, -0.2) is 63.2 Å². The molecule has 6 rings (SSSR count). The van der Waals surface area contributed by atoms with Crippen molar-refractivity contribution in [2.45, 2.75) is 66.0 Å². The Morgan fingerprint density at radius 1 is 0.906 bits per heavy atom. The van der Waals surface area contributed by atoms with E-state index in [4.69, 9.17) is 14.7 Å². The molecule has 3 aromatic carbocycles. The molecule has 2 aromatic heterocycles. The monoisotopic (exact) mass is 728 g/mol. The zero-order valence-corrected chi connectivity index (χ0v) is 30.8. The smallest absolute Gasteiger partial charge is 0.410 e. The lowest BCUT2D eigenvalue weighted by molar-refractivity contribution is 0.0200. The van der Waals surface area contributed by atoms with Gasteiger partial charge in [-0.3, -0.25) is 14.2 Å². The Kier molecular flexibility index (Phi) is 11.5. The quantitative estimate of drug-likeness (QED) is 0.187. The van der Waals surface area contributed by atoms with Gasteiger partial charge in [-0.2, -0.15) is 4.98 Å². The molecule has 5 aromatic rings. The van der Waals surface area contributed by atoms with E-state index in [2.05, 4.69) is 5.32 Å². The molecule has 0 spiro atoms. The summed E-state index contributed by atoms with van der Waals surface area (Å²) in [6, 6.07) is 16.3. The fourth-order valence-corrected chi connectivity index (χ4v) is 6.06. The van der Waals surface area contributed by atoms with Crippen LogP contribution in [-0.2, 0) is 4.74 Å². The van der Waals surface area contributed by atoms with Crippen LogP contribution in [0.5, 0.6) is 0 Å². The number of anilines is 2. The predicted molar refractivity (Wildman–Crippen MR) is 200 cm³/mol. The molecule has 278 valence electrons. The predicted octanol–water partition coefficient (Wildman–Crippen LogP) is 8.29. The van der Waals surface area contributed by atoms with Gasteiger partial charge in [-0.15, -0.1) is 0 Å². The standard InChI is InChI=1S/C38H37F3N6O4.C2H6/c1-22-9-10-23(35(49)42-25-13-11-24(39)12-14-25)21-28(22)32-27-15-16-31(48)47(33-29(40)7-6-8-30(33)41)34(27)44-36(43-32)46-19-17-26(18-20-46)45(5)37(50)51-38(2,3)4;1-2/h6-16,21,26H,17-20H2,1-5H3,(H,42,49);1-2H3. The SMILES string of the molecule is CC.Cc1ccc(C(=O)Nc2ccc(F)cc2)cc1-c1nc(N2CCC(N(C)C(=O)OC(C)(C)C)CC2)nc2c1ccc(=O)n2-c1c(F)cccc1F. The van der Waals surface area contributed by atoms with Crippen LogP contribution >= 0.6 is 0 Å². The van der Waals surface area contributed by atoms with Crippen molar-refractivity contribution in [3.63, 3.8) is 0 Å². The van der Waals surface area contributed by atoms with Crippen LogP contribution in [0, 0.1) is 24.4 Å². The molecule has 53 heavy (non-hydrogen) atoms. The van der Waals surface area contributed by atoms with Crippen LogP contribution in [0.3, 0.4) is 0 Å². The Balaban J connectivity index is 0.00000266. The number of aryl methyl sites for hydroxylation is 1. The van der Waals surface area contributed by atoms with Crippen molar-refractivity contribution in [1.82, 2.24) is 19.4 Å². The van der Waals surface area contributed by atoms with E-state index in [1.165, 1.54) is 42.5 Å². The second kappa shape index (κ2) is 15.9. The van der Waals surface area contributed by atoms with E-state index < -0.39 is 46.3 Å². The molecule has 0 saturated carbocycles. The Labute approximate surface area is 306 Å². The van der Waals surface area contributed by atoms with Gasteiger partial charge in [0.2, 0.25) is 5.95 Å². The average molecular weight is 729 g/mol. The van der Waals surface area contributed by atoms with Crippen molar-refractivity contribution in [2.75, 3.05) is 30.4 Å². The fraction of sp³-hybridized carbons (Fsp3) is 0.325. The van der Waals surface area contributed by atoms with Gasteiger partial charge >= 0.3 is 6.09 Å². The summed E-state index contributed by atoms with van der Waals surface area (Å²) in [4.78, 5) is 52.6. The number of hydrogen-bond acceptors (Lipinski definition) is 7. The van der Waals surface area contributed by atoms with Gasteiger partial charge in [0.15, 0.2) is 5.65 Å². The number of halogens is 3. The van der Waals surface area contributed by atoms with E-state index in [0.29, 0.717) is 48.3 Å². The molecular weight excluding hydrogens is 685 g/mol. The Morgan fingerprint density at radius 2 is 1.55 bits per heavy atom. The maximum atomic E-state index is 15.3. The van der Waals surface area contributed by atoms with Gasteiger partial charge in [-0.25, -0.2) is 22.9 Å². The molecule has 0 atom stereocenters. The van der Waals surface area contributed by atoms with E-state index in [9.17, 15) is 18.8 Å². The minimum absolute atomic E-state index is 0.0277. The number of rotatable bonds is 6. The van der Waals surface area contributed by atoms with Crippen molar-refractivity contribution in [2.24, 2.45) is 0 Å². The lowest BCUT2D eigenvalue weighted by Gasteiger charge is -2.37. The maximum absolute atomic E-state index is 15.3. The molecule has 1 aliphatic heterocycles. The minimum Gasteiger partial charge on any atom is -0.444 e. The molecule has 10 nitrogen and oxygen atoms in total. The molecule has 3 heterocycles. The van der Waals surface area contributed by atoms with Crippen LogP contribution in [0.4, 0.5) is 29.6 Å². The summed E-state index contributed by atoms with van der Waals surface area (Å²) in [5, 5.41) is 3.07. The number of piperidine rings is 1. The topological polar surface area (TPSA) is 110 Å². The molecule has 1 saturated heterocycles. The van der Waals surface area contributed by atoms with Crippen LogP contribution < -0.4 is 15.8 Å². The number of benzene rings is 3. The highest BCUT2D eigenvalue weighted by Gasteiger charge is 2.30. The first kappa shape index (κ1) is 38.5. The normalized spacial score (nSPS) is 13.3. The molecule has 2 amide bonds. The van der Waals surface area contributed by atoms with E-state index in [1.54, 1.807) is 50.9 Å². The summed E-state index contributed by atoms with van der Waals surface area (Å²) in [6.45, 7) is 12.1. The van der Waals surface area contributed by atoms with Gasteiger partial charge in [-0.1, -0.05) is 26.0 Å². The van der Waals surface area contributed by atoms with Crippen molar-refractivity contribution in [3.05, 3.63) is 112 Å². The first-order chi connectivity index (χ1) is 25.2. The average Bonchev–Trinajstić information content (AvgIpc) is 3.13. The summed E-state index contributed by atoms with van der Waals surface area (Å²) in [6.07, 6.45) is 0.669. The van der Waals surface area contributed by atoms with Crippen LogP contribution in [0.15, 0.2) is 77.6 Å². The number of hydrogen-bond donors (Lipinski definition) is 1. The number of aromatic nitrogens is 3. The molecule has 0 unspecified atom stereocenters. The van der Waals surface area contributed by atoms with Crippen LogP contribution in [0.1, 0.15) is 63.4 Å². The third-order valence-electron chi connectivity index (χ3n) is 8.73. The second-order valence-corrected chi connectivity index (χ2v) is 13.5. The summed E-state index contributed by atoms with van der Waals surface area (Å²) < 4.78 is 50.4. The molecule has 0 radical (unpaired) electrons. The number of para-hydroxylation sites is 1. The number of fused-ring (bicyclic) bond motifs is 1. The first-order valence-electron chi connectivity index (χ1n) is 17.5. The summed E-state index contributed by atoms with van der Waals surface area (Å²) in [5.74, 6) is -2.60. The Bertz CT molecular complexity index is 2170. The third-order valence-corrected chi connectivity index (χ3v) is 8.73. The molecule has 13 heteroatoms. The van der Waals surface area contributed by atoms with E-state index in [0.717, 1.165) is 22.3 Å². The molecule has 1 N–H and O–H groups in total. The molecule has 0 aliphatic carbocycles. The molecule has 0 bridgehead atoms. The van der Waals surface area contributed by atoms with Crippen LogP contribution in [0.2, 0.25) is 0 Å². The minimum atomic E-state index is -0.951. The van der Waals surface area contributed by atoms with Gasteiger partial charge in [0, 0.05) is 54.4 Å². The highest BCUT2D eigenvalue weighted by Crippen LogP contribution is 2.33. The second-order valence-electron chi connectivity index (χ2n) is 13.5. The highest BCUT2D eigenvalue weighted by molar-refractivity contribution is 6.05. The number of nitrogens with zero attached hydrogens (tertiary/aromatic N) is 5. The third kappa shape index (κ3) is 8.51. The van der Waals surface area contributed by atoms with Crippen molar-refractivity contribution >= 4 is 34.7 Å². The first-order valence-corrected chi connectivity index (χ1v) is 17.5. The van der Waals surface area contributed by atoms with E-state index in [-0.39, 0.29) is 23.2 Å². The summed E-state index contributed by atoms with van der Waals surface area (Å²) in [5.41, 5.74) is 0.298. The molecule has 1 fully saturated rings. The van der Waals surface area contributed by atoms with Crippen molar-refractivity contribution < 1.29 is 27.5 Å².